The molecular weight excluding hydrogens is 378 g/mol. The Labute approximate surface area is 166 Å². The lowest BCUT2D eigenvalue weighted by Gasteiger charge is -2.14. The van der Waals surface area contributed by atoms with E-state index in [9.17, 15) is 4.79 Å². The molecule has 0 radical (unpaired) electrons. The van der Waals surface area contributed by atoms with Crippen LogP contribution in [-0.2, 0) is 11.3 Å². The molecule has 1 aliphatic heterocycles. The van der Waals surface area contributed by atoms with Crippen LogP contribution >= 0.6 is 11.3 Å². The number of rotatable bonds is 7. The van der Waals surface area contributed by atoms with Gasteiger partial charge >= 0.3 is 0 Å². The summed E-state index contributed by atoms with van der Waals surface area (Å²) in [4.78, 5) is 19.9. The van der Waals surface area contributed by atoms with E-state index < -0.39 is 0 Å². The summed E-state index contributed by atoms with van der Waals surface area (Å²) in [5.74, 6) is 2.27. The molecule has 0 spiro atoms. The summed E-state index contributed by atoms with van der Waals surface area (Å²) in [6.45, 7) is 3.69. The van der Waals surface area contributed by atoms with E-state index in [-0.39, 0.29) is 11.8 Å². The van der Waals surface area contributed by atoms with Crippen molar-refractivity contribution in [1.29, 1.82) is 0 Å². The molecule has 1 fully saturated rings. The first-order valence-electron chi connectivity index (χ1n) is 9.13. The zero-order chi connectivity index (χ0) is 19.5. The predicted molar refractivity (Wildman–Crippen MR) is 105 cm³/mol. The van der Waals surface area contributed by atoms with Crippen molar-refractivity contribution >= 4 is 17.2 Å². The molecule has 1 unspecified atom stereocenters. The SMILES string of the molecule is CCOc1ccc(-c2noc(C3CC(=O)N(Cc4cccs4)C3)n2)cc1OC. The maximum atomic E-state index is 12.4. The summed E-state index contributed by atoms with van der Waals surface area (Å²) in [7, 11) is 1.59. The van der Waals surface area contributed by atoms with Crippen molar-refractivity contribution in [2.75, 3.05) is 20.3 Å². The lowest BCUT2D eigenvalue weighted by atomic mass is 10.1. The van der Waals surface area contributed by atoms with Crippen molar-refractivity contribution in [2.45, 2.75) is 25.8 Å². The summed E-state index contributed by atoms with van der Waals surface area (Å²) >= 11 is 1.65. The number of carbonyl (C=O) groups excluding carboxylic acids is 1. The summed E-state index contributed by atoms with van der Waals surface area (Å²) < 4.78 is 16.4. The molecule has 3 heterocycles. The molecule has 1 aliphatic rings. The number of carbonyl (C=O) groups is 1. The van der Waals surface area contributed by atoms with Crippen LogP contribution in [0.1, 0.15) is 30.0 Å². The number of ether oxygens (including phenoxy) is 2. The third-order valence-corrected chi connectivity index (χ3v) is 5.52. The maximum absolute atomic E-state index is 12.4. The molecule has 8 heteroatoms. The minimum Gasteiger partial charge on any atom is -0.493 e. The predicted octanol–water partition coefficient (Wildman–Crippen LogP) is 3.72. The Balaban J connectivity index is 1.49. The van der Waals surface area contributed by atoms with Crippen molar-refractivity contribution in [3.8, 4) is 22.9 Å². The molecule has 28 heavy (non-hydrogen) atoms. The molecular formula is C20H21N3O4S. The lowest BCUT2D eigenvalue weighted by Crippen LogP contribution is -2.23. The van der Waals surface area contributed by atoms with Gasteiger partial charge in [-0.2, -0.15) is 4.98 Å². The molecule has 4 rings (SSSR count). The van der Waals surface area contributed by atoms with Crippen molar-refractivity contribution in [2.24, 2.45) is 0 Å². The fourth-order valence-electron chi connectivity index (χ4n) is 3.28. The van der Waals surface area contributed by atoms with E-state index in [2.05, 4.69) is 10.1 Å². The van der Waals surface area contributed by atoms with Gasteiger partial charge in [-0.25, -0.2) is 0 Å². The number of likely N-dealkylation sites (tertiary alicyclic amines) is 1. The second-order valence-corrected chi connectivity index (χ2v) is 7.54. The fourth-order valence-corrected chi connectivity index (χ4v) is 4.00. The van der Waals surface area contributed by atoms with Crippen molar-refractivity contribution < 1.29 is 18.8 Å². The van der Waals surface area contributed by atoms with Gasteiger partial charge in [-0.05, 0) is 36.6 Å². The van der Waals surface area contributed by atoms with Gasteiger partial charge in [-0.3, -0.25) is 4.79 Å². The Bertz CT molecular complexity index is 954. The second-order valence-electron chi connectivity index (χ2n) is 6.51. The number of benzene rings is 1. The van der Waals surface area contributed by atoms with Crippen LogP contribution in [-0.4, -0.2) is 41.2 Å². The molecule has 0 N–H and O–H groups in total. The highest BCUT2D eigenvalue weighted by molar-refractivity contribution is 7.09. The first-order valence-corrected chi connectivity index (χ1v) is 10.0. The average Bonchev–Trinajstić information content (AvgIpc) is 3.45. The monoisotopic (exact) mass is 399 g/mol. The second kappa shape index (κ2) is 8.02. The number of hydrogen-bond acceptors (Lipinski definition) is 7. The van der Waals surface area contributed by atoms with Crippen molar-refractivity contribution in [3.05, 3.63) is 46.5 Å². The highest BCUT2D eigenvalue weighted by Gasteiger charge is 2.34. The van der Waals surface area contributed by atoms with Gasteiger partial charge in [0.1, 0.15) is 0 Å². The number of thiophene rings is 1. The van der Waals surface area contributed by atoms with Gasteiger partial charge in [0.25, 0.3) is 0 Å². The van der Waals surface area contributed by atoms with Crippen LogP contribution in [0.4, 0.5) is 0 Å². The molecule has 2 aromatic heterocycles. The van der Waals surface area contributed by atoms with Gasteiger partial charge in [0.2, 0.25) is 17.6 Å². The topological polar surface area (TPSA) is 77.7 Å². The number of nitrogens with zero attached hydrogens (tertiary/aromatic N) is 3. The highest BCUT2D eigenvalue weighted by Crippen LogP contribution is 2.33. The van der Waals surface area contributed by atoms with E-state index in [1.54, 1.807) is 18.4 Å². The highest BCUT2D eigenvalue weighted by atomic mass is 32.1. The van der Waals surface area contributed by atoms with Crippen LogP contribution in [0.15, 0.2) is 40.2 Å². The number of hydrogen-bond donors (Lipinski definition) is 0. The van der Waals surface area contributed by atoms with Gasteiger partial charge in [0.15, 0.2) is 11.5 Å². The smallest absolute Gasteiger partial charge is 0.232 e. The van der Waals surface area contributed by atoms with Crippen molar-refractivity contribution in [3.63, 3.8) is 0 Å². The number of aromatic nitrogens is 2. The normalized spacial score (nSPS) is 16.6. The molecule has 0 aliphatic carbocycles. The molecule has 0 bridgehead atoms. The summed E-state index contributed by atoms with van der Waals surface area (Å²) in [6, 6.07) is 9.55. The standard InChI is InChI=1S/C20H21N3O4S/c1-3-26-16-7-6-13(9-17(16)25-2)19-21-20(27-22-19)14-10-18(24)23(11-14)12-15-5-4-8-28-15/h4-9,14H,3,10-12H2,1-2H3. The summed E-state index contributed by atoms with van der Waals surface area (Å²) in [5.41, 5.74) is 0.773. The van der Waals surface area contributed by atoms with Crippen LogP contribution in [0.25, 0.3) is 11.4 Å². The summed E-state index contributed by atoms with van der Waals surface area (Å²) in [5, 5.41) is 6.11. The average molecular weight is 399 g/mol. The van der Waals surface area contributed by atoms with E-state index in [4.69, 9.17) is 14.0 Å². The quantitative estimate of drug-likeness (QED) is 0.603. The Kier molecular flexibility index (Phi) is 5.29. The number of methoxy groups -OCH3 is 1. The van der Waals surface area contributed by atoms with Gasteiger partial charge < -0.3 is 18.9 Å². The largest absolute Gasteiger partial charge is 0.493 e. The van der Waals surface area contributed by atoms with Gasteiger partial charge in [0.05, 0.1) is 26.2 Å². The molecule has 1 aromatic carbocycles. The lowest BCUT2D eigenvalue weighted by molar-refractivity contribution is -0.128. The van der Waals surface area contributed by atoms with E-state index in [0.717, 1.165) is 5.56 Å². The van der Waals surface area contributed by atoms with Crippen LogP contribution in [0.3, 0.4) is 0 Å². The Hall–Kier alpha value is -2.87. The zero-order valence-corrected chi connectivity index (χ0v) is 16.6. The minimum atomic E-state index is -0.0849. The van der Waals surface area contributed by atoms with Gasteiger partial charge in [0, 0.05) is 23.4 Å². The van der Waals surface area contributed by atoms with Crippen LogP contribution in [0.2, 0.25) is 0 Å². The van der Waals surface area contributed by atoms with E-state index in [0.29, 0.717) is 49.3 Å². The maximum Gasteiger partial charge on any atom is 0.232 e. The molecule has 3 aromatic rings. The number of amides is 1. The van der Waals surface area contributed by atoms with Crippen molar-refractivity contribution in [1.82, 2.24) is 15.0 Å². The Morgan fingerprint density at radius 2 is 2.21 bits per heavy atom. The molecule has 146 valence electrons. The van der Waals surface area contributed by atoms with E-state index >= 15 is 0 Å². The summed E-state index contributed by atoms with van der Waals surface area (Å²) in [6.07, 6.45) is 0.388. The Morgan fingerprint density at radius 1 is 1.32 bits per heavy atom. The van der Waals surface area contributed by atoms with E-state index in [1.807, 2.05) is 47.5 Å². The van der Waals surface area contributed by atoms with Crippen LogP contribution in [0, 0.1) is 0 Å². The molecule has 1 saturated heterocycles. The van der Waals surface area contributed by atoms with Gasteiger partial charge in [-0.15, -0.1) is 11.3 Å². The van der Waals surface area contributed by atoms with Crippen LogP contribution < -0.4 is 9.47 Å². The molecule has 1 atom stereocenters. The minimum absolute atomic E-state index is 0.0849. The Morgan fingerprint density at radius 3 is 2.96 bits per heavy atom. The first kappa shape index (κ1) is 18.5. The first-order chi connectivity index (χ1) is 13.7. The van der Waals surface area contributed by atoms with Crippen LogP contribution in [0.5, 0.6) is 11.5 Å². The molecule has 1 amide bonds. The zero-order valence-electron chi connectivity index (χ0n) is 15.8. The fraction of sp³-hybridized carbons (Fsp3) is 0.350. The third kappa shape index (κ3) is 3.73. The third-order valence-electron chi connectivity index (χ3n) is 4.65. The molecule has 0 saturated carbocycles. The molecule has 7 nitrogen and oxygen atoms in total. The van der Waals surface area contributed by atoms with E-state index in [1.165, 1.54) is 4.88 Å². The van der Waals surface area contributed by atoms with Gasteiger partial charge in [-0.1, -0.05) is 11.2 Å².